The van der Waals surface area contributed by atoms with E-state index in [1.54, 1.807) is 0 Å². The number of nitrogens with zero attached hydrogens (tertiary/aromatic N) is 4. The van der Waals surface area contributed by atoms with Crippen LogP contribution in [0.15, 0.2) is 54.6 Å². The molecular weight excluding hydrogens is 372 g/mol. The number of aromatic nitrogens is 2. The van der Waals surface area contributed by atoms with Crippen molar-refractivity contribution in [3.05, 3.63) is 76.6 Å². The normalized spacial score (nSPS) is 14.4. The van der Waals surface area contributed by atoms with Crippen LogP contribution >= 0.6 is 11.6 Å². The molecule has 0 N–H and O–H groups in total. The van der Waals surface area contributed by atoms with Crippen molar-refractivity contribution in [1.29, 1.82) is 0 Å². The number of carbonyl (C=O) groups excluding carboxylic acids is 1. The van der Waals surface area contributed by atoms with Gasteiger partial charge in [0.05, 0.1) is 5.69 Å². The number of amides is 1. The lowest BCUT2D eigenvalue weighted by Gasteiger charge is -2.36. The van der Waals surface area contributed by atoms with Crippen LogP contribution in [0.4, 0.5) is 5.69 Å². The minimum absolute atomic E-state index is 0.0137. The zero-order valence-corrected chi connectivity index (χ0v) is 16.9. The van der Waals surface area contributed by atoms with Gasteiger partial charge in [0.1, 0.15) is 0 Å². The number of rotatable bonds is 3. The molecule has 4 rings (SSSR count). The SMILES string of the molecule is Cc1ccc(Cl)cc1N1CCN(C(=O)c2cc(C)n(-c3ccccc3)n2)CC1. The molecule has 5 nitrogen and oxygen atoms in total. The second kappa shape index (κ2) is 7.68. The molecule has 144 valence electrons. The van der Waals surface area contributed by atoms with Crippen LogP contribution in [-0.2, 0) is 0 Å². The average molecular weight is 395 g/mol. The van der Waals surface area contributed by atoms with E-state index in [0.29, 0.717) is 18.8 Å². The third-order valence-electron chi connectivity index (χ3n) is 5.19. The molecule has 2 heterocycles. The topological polar surface area (TPSA) is 41.4 Å². The lowest BCUT2D eigenvalue weighted by atomic mass is 10.1. The lowest BCUT2D eigenvalue weighted by Crippen LogP contribution is -2.49. The van der Waals surface area contributed by atoms with Gasteiger partial charge in [-0.15, -0.1) is 0 Å². The maximum atomic E-state index is 13.0. The van der Waals surface area contributed by atoms with E-state index in [-0.39, 0.29) is 5.91 Å². The van der Waals surface area contributed by atoms with Crippen molar-refractivity contribution in [3.8, 4) is 5.69 Å². The average Bonchev–Trinajstić information content (AvgIpc) is 3.12. The van der Waals surface area contributed by atoms with Gasteiger partial charge in [-0.25, -0.2) is 4.68 Å². The number of carbonyl (C=O) groups is 1. The van der Waals surface area contributed by atoms with Crippen LogP contribution in [0.5, 0.6) is 0 Å². The minimum Gasteiger partial charge on any atom is -0.368 e. The van der Waals surface area contributed by atoms with Crippen LogP contribution in [0.3, 0.4) is 0 Å². The smallest absolute Gasteiger partial charge is 0.274 e. The van der Waals surface area contributed by atoms with E-state index < -0.39 is 0 Å². The molecule has 0 atom stereocenters. The Hall–Kier alpha value is -2.79. The van der Waals surface area contributed by atoms with Crippen molar-refractivity contribution >= 4 is 23.2 Å². The summed E-state index contributed by atoms with van der Waals surface area (Å²) in [5.74, 6) is -0.0137. The molecule has 0 radical (unpaired) electrons. The molecule has 0 bridgehead atoms. The van der Waals surface area contributed by atoms with Crippen LogP contribution < -0.4 is 4.90 Å². The molecule has 3 aromatic rings. The standard InChI is InChI=1S/C22H23ClN4O/c1-16-8-9-18(23)15-21(16)25-10-12-26(13-11-25)22(28)20-14-17(2)27(24-20)19-6-4-3-5-7-19/h3-9,14-15H,10-13H2,1-2H3. The van der Waals surface area contributed by atoms with Crippen LogP contribution in [0, 0.1) is 13.8 Å². The number of halogens is 1. The van der Waals surface area contributed by atoms with Crippen LogP contribution in [0.2, 0.25) is 5.02 Å². The van der Waals surface area contributed by atoms with Crippen molar-refractivity contribution in [2.24, 2.45) is 0 Å². The molecule has 1 aliphatic rings. The Morgan fingerprint density at radius 3 is 2.39 bits per heavy atom. The zero-order valence-electron chi connectivity index (χ0n) is 16.1. The van der Waals surface area contributed by atoms with E-state index in [9.17, 15) is 4.79 Å². The Morgan fingerprint density at radius 1 is 0.964 bits per heavy atom. The number of benzene rings is 2. The molecule has 1 amide bonds. The molecule has 6 heteroatoms. The molecule has 0 spiro atoms. The number of hydrogen-bond donors (Lipinski definition) is 0. The summed E-state index contributed by atoms with van der Waals surface area (Å²) < 4.78 is 1.82. The summed E-state index contributed by atoms with van der Waals surface area (Å²) in [6.07, 6.45) is 0. The Labute approximate surface area is 170 Å². The molecule has 1 fully saturated rings. The van der Waals surface area contributed by atoms with Crippen LogP contribution in [-0.4, -0.2) is 46.8 Å². The van der Waals surface area contributed by atoms with Crippen molar-refractivity contribution < 1.29 is 4.79 Å². The lowest BCUT2D eigenvalue weighted by molar-refractivity contribution is 0.0740. The van der Waals surface area contributed by atoms with E-state index in [2.05, 4.69) is 16.9 Å². The summed E-state index contributed by atoms with van der Waals surface area (Å²) >= 11 is 6.16. The summed E-state index contributed by atoms with van der Waals surface area (Å²) in [6.45, 7) is 6.96. The third-order valence-corrected chi connectivity index (χ3v) is 5.42. The van der Waals surface area contributed by atoms with E-state index in [1.807, 2.05) is 71.1 Å². The van der Waals surface area contributed by atoms with E-state index in [0.717, 1.165) is 35.2 Å². The minimum atomic E-state index is -0.0137. The second-order valence-corrected chi connectivity index (χ2v) is 7.56. The van der Waals surface area contributed by atoms with Gasteiger partial charge in [-0.2, -0.15) is 5.10 Å². The van der Waals surface area contributed by atoms with Gasteiger partial charge < -0.3 is 9.80 Å². The maximum Gasteiger partial charge on any atom is 0.274 e. The highest BCUT2D eigenvalue weighted by molar-refractivity contribution is 6.30. The maximum absolute atomic E-state index is 13.0. The van der Waals surface area contributed by atoms with E-state index in [1.165, 1.54) is 5.56 Å². The second-order valence-electron chi connectivity index (χ2n) is 7.13. The highest BCUT2D eigenvalue weighted by atomic mass is 35.5. The number of piperazine rings is 1. The monoisotopic (exact) mass is 394 g/mol. The first-order valence-electron chi connectivity index (χ1n) is 9.45. The molecular formula is C22H23ClN4O. The molecule has 0 unspecified atom stereocenters. The molecule has 0 aliphatic carbocycles. The largest absolute Gasteiger partial charge is 0.368 e. The Bertz CT molecular complexity index is 991. The van der Waals surface area contributed by atoms with Crippen LogP contribution in [0.1, 0.15) is 21.7 Å². The first-order valence-corrected chi connectivity index (χ1v) is 9.83. The number of para-hydroxylation sites is 1. The first kappa shape index (κ1) is 18.6. The Kier molecular flexibility index (Phi) is 5.09. The predicted molar refractivity (Wildman–Crippen MR) is 113 cm³/mol. The van der Waals surface area contributed by atoms with Crippen molar-refractivity contribution in [1.82, 2.24) is 14.7 Å². The first-order chi connectivity index (χ1) is 13.5. The highest BCUT2D eigenvalue weighted by Gasteiger charge is 2.25. The van der Waals surface area contributed by atoms with Gasteiger partial charge in [0.25, 0.3) is 5.91 Å². The van der Waals surface area contributed by atoms with E-state index in [4.69, 9.17) is 11.6 Å². The molecule has 2 aromatic carbocycles. The summed E-state index contributed by atoms with van der Waals surface area (Å²) in [7, 11) is 0. The molecule has 1 saturated heterocycles. The fraction of sp³-hybridized carbons (Fsp3) is 0.273. The molecule has 28 heavy (non-hydrogen) atoms. The van der Waals surface area contributed by atoms with Gasteiger partial charge in [0.15, 0.2) is 5.69 Å². The quantitative estimate of drug-likeness (QED) is 0.671. The summed E-state index contributed by atoms with van der Waals surface area (Å²) in [6, 6.07) is 17.7. The van der Waals surface area contributed by atoms with Gasteiger partial charge in [-0.3, -0.25) is 4.79 Å². The van der Waals surface area contributed by atoms with Crippen molar-refractivity contribution in [3.63, 3.8) is 0 Å². The molecule has 0 saturated carbocycles. The van der Waals surface area contributed by atoms with Crippen LogP contribution in [0.25, 0.3) is 5.69 Å². The van der Waals surface area contributed by atoms with Crippen molar-refractivity contribution in [2.45, 2.75) is 13.8 Å². The Morgan fingerprint density at radius 2 is 1.68 bits per heavy atom. The fourth-order valence-corrected chi connectivity index (χ4v) is 3.81. The van der Waals surface area contributed by atoms with Gasteiger partial charge in [0, 0.05) is 42.6 Å². The Balaban J connectivity index is 1.47. The van der Waals surface area contributed by atoms with Gasteiger partial charge in [-0.05, 0) is 49.7 Å². The fourth-order valence-electron chi connectivity index (χ4n) is 3.65. The van der Waals surface area contributed by atoms with Gasteiger partial charge in [0.2, 0.25) is 0 Å². The number of hydrogen-bond acceptors (Lipinski definition) is 3. The molecule has 1 aromatic heterocycles. The van der Waals surface area contributed by atoms with Gasteiger partial charge >= 0.3 is 0 Å². The predicted octanol–water partition coefficient (Wildman–Crippen LogP) is 4.10. The highest BCUT2D eigenvalue weighted by Crippen LogP contribution is 2.25. The summed E-state index contributed by atoms with van der Waals surface area (Å²) in [5.41, 5.74) is 4.74. The van der Waals surface area contributed by atoms with Gasteiger partial charge in [-0.1, -0.05) is 35.9 Å². The zero-order chi connectivity index (χ0) is 19.7. The van der Waals surface area contributed by atoms with Crippen molar-refractivity contribution in [2.75, 3.05) is 31.1 Å². The summed E-state index contributed by atoms with van der Waals surface area (Å²) in [4.78, 5) is 17.1. The number of aryl methyl sites for hydroxylation is 2. The van der Waals surface area contributed by atoms with E-state index >= 15 is 0 Å². The third kappa shape index (κ3) is 3.62. The number of anilines is 1. The summed E-state index contributed by atoms with van der Waals surface area (Å²) in [5, 5.41) is 5.29. The molecule has 1 aliphatic heterocycles.